The molecular formula is C15H12MgO3. The number of fused-ring (bicyclic) bond motifs is 1. The maximum absolute atomic E-state index is 12.0. The first-order valence-corrected chi connectivity index (χ1v) is 5.57. The van der Waals surface area contributed by atoms with Gasteiger partial charge in [-0.15, -0.1) is 0 Å². The third kappa shape index (κ3) is 2.37. The van der Waals surface area contributed by atoms with Gasteiger partial charge in [-0.1, -0.05) is 42.5 Å². The van der Waals surface area contributed by atoms with E-state index >= 15 is 0 Å². The van der Waals surface area contributed by atoms with E-state index in [4.69, 9.17) is 4.42 Å². The van der Waals surface area contributed by atoms with Gasteiger partial charge in [0.15, 0.2) is 5.76 Å². The van der Waals surface area contributed by atoms with Gasteiger partial charge in [0.05, 0.1) is 5.39 Å². The predicted molar refractivity (Wildman–Crippen MR) is 78.1 cm³/mol. The number of para-hydroxylation sites is 1. The Labute approximate surface area is 125 Å². The van der Waals surface area contributed by atoms with Crippen LogP contribution in [0.4, 0.5) is 0 Å². The van der Waals surface area contributed by atoms with Crippen molar-refractivity contribution in [3.8, 4) is 17.1 Å². The minimum absolute atomic E-state index is 0. The molecule has 0 amide bonds. The lowest BCUT2D eigenvalue weighted by Gasteiger charge is -2.05. The molecule has 0 fully saturated rings. The minimum Gasteiger partial charge on any atom is -0.502 e. The Hall–Kier alpha value is -1.78. The van der Waals surface area contributed by atoms with Crippen molar-refractivity contribution >= 4 is 34.0 Å². The van der Waals surface area contributed by atoms with Crippen LogP contribution in [-0.2, 0) is 0 Å². The number of hydrogen-bond donors (Lipinski definition) is 1. The molecule has 92 valence electrons. The SMILES string of the molecule is O=c1c(O)c(-c2ccccc2)oc2ccccc12.[MgH2]. The Morgan fingerprint density at radius 1 is 0.895 bits per heavy atom. The van der Waals surface area contributed by atoms with E-state index in [0.29, 0.717) is 16.5 Å². The van der Waals surface area contributed by atoms with Crippen molar-refractivity contribution in [2.75, 3.05) is 0 Å². The highest BCUT2D eigenvalue weighted by Gasteiger charge is 2.14. The maximum Gasteiger partial charge on any atom is 0.316 e. The van der Waals surface area contributed by atoms with Crippen molar-refractivity contribution in [2.45, 2.75) is 0 Å². The summed E-state index contributed by atoms with van der Waals surface area (Å²) in [5.41, 5.74) is 0.743. The quantitative estimate of drug-likeness (QED) is 0.686. The largest absolute Gasteiger partial charge is 0.502 e. The van der Waals surface area contributed by atoms with Crippen molar-refractivity contribution in [3.05, 3.63) is 64.8 Å². The van der Waals surface area contributed by atoms with E-state index in [1.807, 2.05) is 18.2 Å². The van der Waals surface area contributed by atoms with Gasteiger partial charge in [0.1, 0.15) is 5.58 Å². The highest BCUT2D eigenvalue weighted by Crippen LogP contribution is 2.29. The lowest BCUT2D eigenvalue weighted by atomic mass is 10.1. The number of hydrogen-bond acceptors (Lipinski definition) is 3. The molecule has 3 aromatic rings. The first-order chi connectivity index (χ1) is 8.77. The molecule has 1 N–H and O–H groups in total. The standard InChI is InChI=1S/C15H10O3.Mg.2H/c16-13-11-8-4-5-9-12(11)18-15(14(13)17)10-6-2-1-3-7-10;;;/h1-9,17H;;;. The predicted octanol–water partition coefficient (Wildman–Crippen LogP) is 2.25. The van der Waals surface area contributed by atoms with Gasteiger partial charge in [-0.25, -0.2) is 0 Å². The van der Waals surface area contributed by atoms with Gasteiger partial charge in [-0.3, -0.25) is 4.79 Å². The molecule has 3 rings (SSSR count). The van der Waals surface area contributed by atoms with Crippen molar-refractivity contribution in [3.63, 3.8) is 0 Å². The molecule has 0 saturated heterocycles. The fraction of sp³-hybridized carbons (Fsp3) is 0. The van der Waals surface area contributed by atoms with E-state index in [1.54, 1.807) is 36.4 Å². The van der Waals surface area contributed by atoms with Crippen LogP contribution in [-0.4, -0.2) is 28.2 Å². The van der Waals surface area contributed by atoms with Gasteiger partial charge in [-0.2, -0.15) is 0 Å². The molecule has 0 aliphatic carbocycles. The zero-order valence-corrected chi connectivity index (χ0v) is 9.46. The van der Waals surface area contributed by atoms with Crippen LogP contribution >= 0.6 is 0 Å². The summed E-state index contributed by atoms with van der Waals surface area (Å²) in [6.45, 7) is 0. The molecule has 2 aromatic carbocycles. The summed E-state index contributed by atoms with van der Waals surface area (Å²) in [6, 6.07) is 15.9. The Kier molecular flexibility index (Phi) is 3.92. The second-order valence-corrected chi connectivity index (χ2v) is 3.97. The molecule has 3 nitrogen and oxygen atoms in total. The topological polar surface area (TPSA) is 50.4 Å². The molecule has 0 aliphatic rings. The van der Waals surface area contributed by atoms with Crippen molar-refractivity contribution < 1.29 is 9.52 Å². The van der Waals surface area contributed by atoms with E-state index in [1.165, 1.54) is 0 Å². The van der Waals surface area contributed by atoms with Crippen LogP contribution in [0.25, 0.3) is 22.3 Å². The summed E-state index contributed by atoms with van der Waals surface area (Å²) in [5, 5.41) is 10.3. The molecule has 0 spiro atoms. The average molecular weight is 265 g/mol. The summed E-state index contributed by atoms with van der Waals surface area (Å²) in [5.74, 6) is -0.140. The lowest BCUT2D eigenvalue weighted by molar-refractivity contribution is 0.449. The highest BCUT2D eigenvalue weighted by molar-refractivity contribution is 5.81. The van der Waals surface area contributed by atoms with Crippen LogP contribution in [0.1, 0.15) is 0 Å². The van der Waals surface area contributed by atoms with Crippen molar-refractivity contribution in [1.29, 1.82) is 0 Å². The Balaban J connectivity index is 0.00000133. The summed E-state index contributed by atoms with van der Waals surface area (Å²) in [7, 11) is 0. The van der Waals surface area contributed by atoms with Crippen LogP contribution in [0.3, 0.4) is 0 Å². The number of aromatic hydroxyl groups is 1. The van der Waals surface area contributed by atoms with E-state index in [0.717, 1.165) is 0 Å². The van der Waals surface area contributed by atoms with Gasteiger partial charge in [0.25, 0.3) is 0 Å². The third-order valence-electron chi connectivity index (χ3n) is 2.81. The minimum atomic E-state index is -0.407. The molecule has 1 heterocycles. The molecule has 4 heteroatoms. The van der Waals surface area contributed by atoms with Crippen LogP contribution in [0, 0.1) is 0 Å². The Bertz CT molecular complexity index is 763. The smallest absolute Gasteiger partial charge is 0.316 e. The normalized spacial score (nSPS) is 10.1. The van der Waals surface area contributed by atoms with E-state index in [9.17, 15) is 9.90 Å². The molecular weight excluding hydrogens is 252 g/mol. The van der Waals surface area contributed by atoms with Gasteiger partial charge >= 0.3 is 23.1 Å². The molecule has 1 aromatic heterocycles. The van der Waals surface area contributed by atoms with Crippen LogP contribution in [0.2, 0.25) is 0 Å². The molecule has 0 atom stereocenters. The van der Waals surface area contributed by atoms with E-state index in [2.05, 4.69) is 0 Å². The summed E-state index contributed by atoms with van der Waals surface area (Å²) in [4.78, 5) is 12.0. The lowest BCUT2D eigenvalue weighted by Crippen LogP contribution is -2.02. The summed E-state index contributed by atoms with van der Waals surface area (Å²) in [6.07, 6.45) is 0. The van der Waals surface area contributed by atoms with E-state index < -0.39 is 5.43 Å². The zero-order chi connectivity index (χ0) is 12.5. The monoisotopic (exact) mass is 264 g/mol. The third-order valence-corrected chi connectivity index (χ3v) is 2.81. The molecule has 0 bridgehead atoms. The summed E-state index contributed by atoms with van der Waals surface area (Å²) >= 11 is 0. The van der Waals surface area contributed by atoms with Gasteiger partial charge in [0, 0.05) is 5.56 Å². The second-order valence-electron chi connectivity index (χ2n) is 3.97. The second kappa shape index (κ2) is 5.46. The van der Waals surface area contributed by atoms with Gasteiger partial charge in [-0.05, 0) is 12.1 Å². The Morgan fingerprint density at radius 2 is 1.53 bits per heavy atom. The number of benzene rings is 2. The zero-order valence-electron chi connectivity index (χ0n) is 9.46. The Morgan fingerprint density at radius 3 is 2.26 bits per heavy atom. The maximum atomic E-state index is 12.0. The van der Waals surface area contributed by atoms with Gasteiger partial charge in [0.2, 0.25) is 11.2 Å². The highest BCUT2D eigenvalue weighted by atomic mass is 24.3. The molecule has 19 heavy (non-hydrogen) atoms. The van der Waals surface area contributed by atoms with E-state index in [-0.39, 0.29) is 34.6 Å². The molecule has 0 saturated carbocycles. The van der Waals surface area contributed by atoms with Gasteiger partial charge < -0.3 is 9.52 Å². The van der Waals surface area contributed by atoms with Crippen LogP contribution in [0.5, 0.6) is 5.75 Å². The summed E-state index contributed by atoms with van der Waals surface area (Å²) < 4.78 is 5.61. The molecule has 0 unspecified atom stereocenters. The first-order valence-electron chi connectivity index (χ1n) is 5.57. The van der Waals surface area contributed by atoms with Crippen molar-refractivity contribution in [2.24, 2.45) is 0 Å². The fourth-order valence-corrected chi connectivity index (χ4v) is 1.92. The van der Waals surface area contributed by atoms with Crippen LogP contribution in [0.15, 0.2) is 63.8 Å². The first kappa shape index (κ1) is 13.6. The van der Waals surface area contributed by atoms with Crippen LogP contribution < -0.4 is 5.43 Å². The average Bonchev–Trinajstić information content (AvgIpc) is 2.44. The van der Waals surface area contributed by atoms with Crippen molar-refractivity contribution in [1.82, 2.24) is 0 Å². The molecule has 0 aliphatic heterocycles. The molecule has 0 radical (unpaired) electrons. The fourth-order valence-electron chi connectivity index (χ4n) is 1.92. The number of rotatable bonds is 1.